The highest BCUT2D eigenvalue weighted by Gasteiger charge is 2.38. The van der Waals surface area contributed by atoms with Gasteiger partial charge in [-0.05, 0) is 81.3 Å². The Kier molecular flexibility index (Phi) is 7.38. The minimum Gasteiger partial charge on any atom is -0.462 e. The van der Waals surface area contributed by atoms with E-state index in [1.54, 1.807) is 28.9 Å². The largest absolute Gasteiger partial charge is 0.462 e. The zero-order valence-corrected chi connectivity index (χ0v) is 22.9. The third kappa shape index (κ3) is 5.13. The highest BCUT2D eigenvalue weighted by Crippen LogP contribution is 2.34. The molecular weight excluding hydrogens is 508 g/mol. The summed E-state index contributed by atoms with van der Waals surface area (Å²) >= 11 is 0. The second-order valence-corrected chi connectivity index (χ2v) is 10.8. The molecule has 1 amide bonds. The fraction of sp³-hybridized carbons (Fsp3) is 0.419. The van der Waals surface area contributed by atoms with E-state index in [2.05, 4.69) is 11.9 Å². The first-order valence-corrected chi connectivity index (χ1v) is 14.1. The van der Waals surface area contributed by atoms with Crippen molar-refractivity contribution in [3.8, 4) is 17.0 Å². The summed E-state index contributed by atoms with van der Waals surface area (Å²) in [7, 11) is 0. The third-order valence-electron chi connectivity index (χ3n) is 8.00. The number of aromatic nitrogens is 3. The zero-order chi connectivity index (χ0) is 27.6. The normalized spacial score (nSPS) is 21.0. The summed E-state index contributed by atoms with van der Waals surface area (Å²) in [5, 5.41) is 4.83. The Labute approximate surface area is 233 Å². The molecule has 0 N–H and O–H groups in total. The molecule has 1 atom stereocenters. The van der Waals surface area contributed by atoms with Gasteiger partial charge in [-0.3, -0.25) is 14.7 Å². The predicted octanol–water partition coefficient (Wildman–Crippen LogP) is 5.81. The van der Waals surface area contributed by atoms with Gasteiger partial charge in [-0.15, -0.1) is 5.10 Å². The van der Waals surface area contributed by atoms with Gasteiger partial charge in [0.05, 0.1) is 24.9 Å². The molecule has 2 aliphatic rings. The van der Waals surface area contributed by atoms with Crippen LogP contribution in [-0.4, -0.2) is 52.5 Å². The summed E-state index contributed by atoms with van der Waals surface area (Å²) in [4.78, 5) is 33.2. The van der Waals surface area contributed by atoms with Crippen LogP contribution in [0.4, 0.5) is 5.82 Å². The van der Waals surface area contributed by atoms with Crippen molar-refractivity contribution in [3.05, 3.63) is 60.4 Å². The molecule has 0 bridgehead atoms. The lowest BCUT2D eigenvalue weighted by Crippen LogP contribution is -2.46. The molecule has 1 unspecified atom stereocenters. The Morgan fingerprint density at radius 3 is 2.60 bits per heavy atom. The summed E-state index contributed by atoms with van der Waals surface area (Å²) < 4.78 is 18.7. The van der Waals surface area contributed by atoms with E-state index >= 15 is 0 Å². The molecule has 1 aromatic carbocycles. The highest BCUT2D eigenvalue weighted by atomic mass is 16.5. The summed E-state index contributed by atoms with van der Waals surface area (Å²) in [6, 6.07) is 13.2. The van der Waals surface area contributed by atoms with Gasteiger partial charge in [-0.2, -0.15) is 0 Å². The highest BCUT2D eigenvalue weighted by molar-refractivity contribution is 6.02. The molecule has 1 aliphatic carbocycles. The molecule has 2 fully saturated rings. The molecule has 6 rings (SSSR count). The number of hydrogen-bond acceptors (Lipinski definition) is 7. The van der Waals surface area contributed by atoms with Crippen molar-refractivity contribution in [2.75, 3.05) is 24.7 Å². The number of hydrogen-bond donors (Lipinski definition) is 0. The van der Waals surface area contributed by atoms with Crippen molar-refractivity contribution >= 4 is 28.8 Å². The topological polar surface area (TPSA) is 99.7 Å². The van der Waals surface area contributed by atoms with Crippen LogP contribution < -0.4 is 4.90 Å². The number of nitrogens with zero attached hydrogens (tertiary/aromatic N) is 4. The van der Waals surface area contributed by atoms with E-state index in [9.17, 15) is 9.59 Å². The molecule has 1 saturated heterocycles. The van der Waals surface area contributed by atoms with Gasteiger partial charge in [0.15, 0.2) is 11.4 Å². The van der Waals surface area contributed by atoms with Crippen molar-refractivity contribution < 1.29 is 23.5 Å². The van der Waals surface area contributed by atoms with E-state index in [0.717, 1.165) is 48.0 Å². The fourth-order valence-electron chi connectivity index (χ4n) is 5.70. The maximum Gasteiger partial charge on any atom is 0.343 e. The van der Waals surface area contributed by atoms with Crippen LogP contribution in [-0.2, 0) is 14.3 Å². The molecule has 9 nitrogen and oxygen atoms in total. The number of carbonyl (C=O) groups is 2. The van der Waals surface area contributed by atoms with Crippen molar-refractivity contribution in [1.29, 1.82) is 0 Å². The van der Waals surface area contributed by atoms with Crippen molar-refractivity contribution in [3.63, 3.8) is 0 Å². The second kappa shape index (κ2) is 11.3. The van der Waals surface area contributed by atoms with Crippen LogP contribution in [0.15, 0.2) is 59.3 Å². The molecule has 1 saturated carbocycles. The molecule has 4 aromatic rings. The van der Waals surface area contributed by atoms with Crippen molar-refractivity contribution in [2.24, 2.45) is 11.8 Å². The molecule has 9 heteroatoms. The average Bonchev–Trinajstić information content (AvgIpc) is 3.74. The van der Waals surface area contributed by atoms with Crippen LogP contribution in [0.1, 0.15) is 56.3 Å². The Morgan fingerprint density at radius 1 is 1.10 bits per heavy atom. The molecular formula is C31H34N4O5. The molecule has 3 aromatic heterocycles. The Hall–Kier alpha value is -3.98. The zero-order valence-electron chi connectivity index (χ0n) is 22.9. The van der Waals surface area contributed by atoms with Crippen molar-refractivity contribution in [1.82, 2.24) is 14.8 Å². The SMILES string of the molecule is CCOC(=O)c1cn(-c2ccc(-c3cc4ncccc4o3)cc2)nc1N(C(=O)C1CCC(C)CC1)C1CCOC1. The molecule has 40 heavy (non-hydrogen) atoms. The Bertz CT molecular complexity index is 1460. The van der Waals surface area contributed by atoms with Gasteiger partial charge in [-0.25, -0.2) is 9.48 Å². The Morgan fingerprint density at radius 2 is 1.90 bits per heavy atom. The Balaban J connectivity index is 1.35. The van der Waals surface area contributed by atoms with E-state index in [4.69, 9.17) is 19.0 Å². The van der Waals surface area contributed by atoms with Crippen LogP contribution in [0.25, 0.3) is 28.1 Å². The van der Waals surface area contributed by atoms with Gasteiger partial charge >= 0.3 is 5.97 Å². The quantitative estimate of drug-likeness (QED) is 0.272. The molecule has 1 aliphatic heterocycles. The molecule has 208 valence electrons. The lowest BCUT2D eigenvalue weighted by atomic mass is 9.82. The van der Waals surface area contributed by atoms with E-state index < -0.39 is 5.97 Å². The number of amides is 1. The number of fused-ring (bicyclic) bond motifs is 1. The maximum atomic E-state index is 14.0. The van der Waals surface area contributed by atoms with Gasteiger partial charge in [0.1, 0.15) is 16.8 Å². The van der Waals surface area contributed by atoms with E-state index in [0.29, 0.717) is 37.1 Å². The average molecular weight is 543 g/mol. The lowest BCUT2D eigenvalue weighted by molar-refractivity contribution is -0.124. The van der Waals surface area contributed by atoms with Crippen LogP contribution in [0.3, 0.4) is 0 Å². The molecule has 0 radical (unpaired) electrons. The number of anilines is 1. The van der Waals surface area contributed by atoms with Gasteiger partial charge in [0.25, 0.3) is 0 Å². The third-order valence-corrected chi connectivity index (χ3v) is 8.00. The number of benzene rings is 1. The summed E-state index contributed by atoms with van der Waals surface area (Å²) in [6.45, 7) is 5.23. The molecule has 0 spiro atoms. The fourth-order valence-corrected chi connectivity index (χ4v) is 5.70. The number of furan rings is 1. The van der Waals surface area contributed by atoms with Gasteiger partial charge in [0, 0.05) is 36.5 Å². The number of pyridine rings is 1. The number of carbonyl (C=O) groups excluding carboxylic acids is 2. The first kappa shape index (κ1) is 26.3. The summed E-state index contributed by atoms with van der Waals surface area (Å²) in [5.74, 6) is 1.12. The van der Waals surface area contributed by atoms with Crippen LogP contribution in [0.5, 0.6) is 0 Å². The minimum atomic E-state index is -0.496. The first-order valence-electron chi connectivity index (χ1n) is 14.1. The van der Waals surface area contributed by atoms with Gasteiger partial charge < -0.3 is 13.9 Å². The summed E-state index contributed by atoms with van der Waals surface area (Å²) in [6.07, 6.45) is 7.84. The standard InChI is InChI=1S/C31H34N4O5/c1-3-39-31(37)25-18-34(23-12-10-21(11-13-23)28-17-26-27(40-28)5-4-15-32-26)33-29(25)35(24-14-16-38-19-24)30(36)22-8-6-20(2)7-9-22/h4-5,10-13,15,17-18,20,22,24H,3,6-9,14,16,19H2,1-2H3. The smallest absolute Gasteiger partial charge is 0.343 e. The van der Waals surface area contributed by atoms with Crippen LogP contribution in [0, 0.1) is 11.8 Å². The lowest BCUT2D eigenvalue weighted by Gasteiger charge is -2.33. The van der Waals surface area contributed by atoms with Crippen LogP contribution in [0.2, 0.25) is 0 Å². The number of esters is 1. The van der Waals surface area contributed by atoms with E-state index in [1.807, 2.05) is 42.5 Å². The summed E-state index contributed by atoms with van der Waals surface area (Å²) in [5.41, 5.74) is 3.44. The van der Waals surface area contributed by atoms with Gasteiger partial charge in [-0.1, -0.05) is 6.92 Å². The van der Waals surface area contributed by atoms with E-state index in [1.165, 1.54) is 0 Å². The molecule has 4 heterocycles. The first-order chi connectivity index (χ1) is 19.5. The van der Waals surface area contributed by atoms with E-state index in [-0.39, 0.29) is 30.0 Å². The predicted molar refractivity (Wildman–Crippen MR) is 150 cm³/mol. The monoisotopic (exact) mass is 542 g/mol. The minimum absolute atomic E-state index is 0.0204. The number of ether oxygens (including phenoxy) is 2. The second-order valence-electron chi connectivity index (χ2n) is 10.8. The van der Waals surface area contributed by atoms with Gasteiger partial charge in [0.2, 0.25) is 5.91 Å². The van der Waals surface area contributed by atoms with Crippen molar-refractivity contribution in [2.45, 2.75) is 52.0 Å². The number of rotatable bonds is 7. The van der Waals surface area contributed by atoms with Crippen LogP contribution >= 0.6 is 0 Å². The maximum absolute atomic E-state index is 14.0.